The number of hydrogen-bond acceptors (Lipinski definition) is 7. The summed E-state index contributed by atoms with van der Waals surface area (Å²) in [6.45, 7) is 10.1. The number of amides is 1. The van der Waals surface area contributed by atoms with Gasteiger partial charge in [-0.25, -0.2) is 4.79 Å². The number of nitrogens with zero attached hydrogens (tertiary/aromatic N) is 4. The summed E-state index contributed by atoms with van der Waals surface area (Å²) in [5.41, 5.74) is 1.56. The van der Waals surface area contributed by atoms with Gasteiger partial charge in [0.1, 0.15) is 5.60 Å². The molecule has 2 aromatic rings. The third-order valence-corrected chi connectivity index (χ3v) is 5.44. The predicted octanol–water partition coefficient (Wildman–Crippen LogP) is 3.69. The highest BCUT2D eigenvalue weighted by Gasteiger charge is 2.30. The Hall–Kier alpha value is -2.61. The van der Waals surface area contributed by atoms with Crippen molar-refractivity contribution >= 4 is 11.8 Å². The maximum atomic E-state index is 12.3. The average molecular weight is 415 g/mol. The molecule has 0 radical (unpaired) electrons. The van der Waals surface area contributed by atoms with E-state index in [0.717, 1.165) is 50.4 Å². The van der Waals surface area contributed by atoms with Crippen molar-refractivity contribution in [2.45, 2.75) is 45.1 Å². The van der Waals surface area contributed by atoms with E-state index in [9.17, 15) is 4.79 Å². The van der Waals surface area contributed by atoms with E-state index in [1.165, 1.54) is 0 Å². The van der Waals surface area contributed by atoms with E-state index in [2.05, 4.69) is 16.1 Å². The van der Waals surface area contributed by atoms with Crippen LogP contribution in [0.15, 0.2) is 28.8 Å². The van der Waals surface area contributed by atoms with Gasteiger partial charge in [0.2, 0.25) is 0 Å². The third kappa shape index (κ3) is 4.75. The second-order valence-electron chi connectivity index (χ2n) is 8.82. The van der Waals surface area contributed by atoms with Gasteiger partial charge >= 0.3 is 6.09 Å². The minimum atomic E-state index is -0.482. The van der Waals surface area contributed by atoms with E-state index in [0.29, 0.717) is 24.8 Å². The summed E-state index contributed by atoms with van der Waals surface area (Å²) >= 11 is 0. The number of piperidine rings is 1. The molecule has 0 atom stereocenters. The Kier molecular flexibility index (Phi) is 5.94. The molecule has 8 nitrogen and oxygen atoms in total. The van der Waals surface area contributed by atoms with Gasteiger partial charge in [-0.15, -0.1) is 0 Å². The minimum Gasteiger partial charge on any atom is -0.444 e. The van der Waals surface area contributed by atoms with Crippen molar-refractivity contribution in [2.75, 3.05) is 44.3 Å². The monoisotopic (exact) mass is 414 g/mol. The smallest absolute Gasteiger partial charge is 0.410 e. The van der Waals surface area contributed by atoms with E-state index in [4.69, 9.17) is 19.0 Å². The number of hydrogen-bond donors (Lipinski definition) is 0. The summed E-state index contributed by atoms with van der Waals surface area (Å²) in [6, 6.07) is 8.12. The number of ether oxygens (including phenoxy) is 2. The second kappa shape index (κ2) is 8.63. The maximum absolute atomic E-state index is 12.3. The van der Waals surface area contributed by atoms with Gasteiger partial charge in [-0.05, 0) is 45.7 Å². The van der Waals surface area contributed by atoms with Crippen LogP contribution in [0.2, 0.25) is 0 Å². The minimum absolute atomic E-state index is 0.178. The molecule has 1 amide bonds. The molecule has 162 valence electrons. The molecule has 30 heavy (non-hydrogen) atoms. The fraction of sp³-hybridized carbons (Fsp3) is 0.591. The molecule has 2 aliphatic heterocycles. The first-order valence-electron chi connectivity index (χ1n) is 10.6. The van der Waals surface area contributed by atoms with E-state index in [1.807, 2.05) is 39.0 Å². The summed E-state index contributed by atoms with van der Waals surface area (Å²) in [5, 5.41) is 4.27. The molecule has 2 saturated heterocycles. The molecule has 0 unspecified atom stereocenters. The Morgan fingerprint density at radius 3 is 2.50 bits per heavy atom. The number of morpholine rings is 1. The van der Waals surface area contributed by atoms with Crippen LogP contribution in [0.4, 0.5) is 10.5 Å². The fourth-order valence-corrected chi connectivity index (χ4v) is 3.89. The second-order valence-corrected chi connectivity index (χ2v) is 8.82. The third-order valence-electron chi connectivity index (χ3n) is 5.44. The van der Waals surface area contributed by atoms with Crippen LogP contribution in [0, 0.1) is 0 Å². The lowest BCUT2D eigenvalue weighted by Gasteiger charge is -2.32. The zero-order chi connectivity index (χ0) is 21.1. The molecule has 0 bridgehead atoms. The van der Waals surface area contributed by atoms with Crippen molar-refractivity contribution in [1.82, 2.24) is 15.0 Å². The first-order chi connectivity index (χ1) is 14.4. The number of likely N-dealkylation sites (tertiary alicyclic amines) is 1. The highest BCUT2D eigenvalue weighted by molar-refractivity contribution is 5.73. The Morgan fingerprint density at radius 1 is 1.10 bits per heavy atom. The normalized spacial score (nSPS) is 18.5. The van der Waals surface area contributed by atoms with E-state index >= 15 is 0 Å². The molecule has 0 saturated carbocycles. The van der Waals surface area contributed by atoms with Gasteiger partial charge in [-0.1, -0.05) is 17.3 Å². The number of anilines is 1. The topological polar surface area (TPSA) is 80.9 Å². The van der Waals surface area contributed by atoms with Gasteiger partial charge in [0.05, 0.1) is 18.8 Å². The van der Waals surface area contributed by atoms with Crippen molar-refractivity contribution in [3.63, 3.8) is 0 Å². The van der Waals surface area contributed by atoms with Crippen LogP contribution in [0.3, 0.4) is 0 Å². The van der Waals surface area contributed by atoms with Crippen LogP contribution in [-0.4, -0.2) is 66.1 Å². The lowest BCUT2D eigenvalue weighted by molar-refractivity contribution is 0.0203. The van der Waals surface area contributed by atoms with Crippen molar-refractivity contribution in [3.05, 3.63) is 30.1 Å². The molecule has 2 aliphatic rings. The Bertz CT molecular complexity index is 862. The summed E-state index contributed by atoms with van der Waals surface area (Å²) in [4.78, 5) is 21.0. The molecule has 1 aromatic heterocycles. The van der Waals surface area contributed by atoms with Crippen molar-refractivity contribution in [3.8, 4) is 11.5 Å². The molecule has 0 spiro atoms. The molecule has 4 rings (SSSR count). The predicted molar refractivity (Wildman–Crippen MR) is 113 cm³/mol. The first-order valence-corrected chi connectivity index (χ1v) is 10.6. The Balaban J connectivity index is 1.43. The molecular weight excluding hydrogens is 384 g/mol. The lowest BCUT2D eigenvalue weighted by Crippen LogP contribution is -2.41. The van der Waals surface area contributed by atoms with Crippen LogP contribution < -0.4 is 4.90 Å². The standard InChI is InChI=1S/C22H30N4O4/c1-22(2,3)29-21(27)26-10-8-16(9-11-26)19-23-20(30-24-19)17-6-4-5-7-18(17)25-12-14-28-15-13-25/h4-7,16H,8-15H2,1-3H3. The van der Waals surface area contributed by atoms with Gasteiger partial charge in [0, 0.05) is 37.8 Å². The summed E-state index contributed by atoms with van der Waals surface area (Å²) in [6.07, 6.45) is 1.33. The number of carbonyl (C=O) groups excluding carboxylic acids is 1. The lowest BCUT2D eigenvalue weighted by atomic mass is 9.96. The Morgan fingerprint density at radius 2 is 1.80 bits per heavy atom. The van der Waals surface area contributed by atoms with Crippen molar-refractivity contribution < 1.29 is 18.8 Å². The molecular formula is C22H30N4O4. The molecule has 0 N–H and O–H groups in total. The van der Waals surface area contributed by atoms with E-state index < -0.39 is 5.60 Å². The van der Waals surface area contributed by atoms with E-state index in [-0.39, 0.29) is 12.0 Å². The molecule has 1 aromatic carbocycles. The van der Waals surface area contributed by atoms with Crippen LogP contribution in [0.1, 0.15) is 45.4 Å². The molecule has 8 heteroatoms. The number of aromatic nitrogens is 2. The zero-order valence-corrected chi connectivity index (χ0v) is 18.0. The van der Waals surface area contributed by atoms with Crippen LogP contribution in [-0.2, 0) is 9.47 Å². The molecule has 3 heterocycles. The van der Waals surface area contributed by atoms with Gasteiger partial charge in [0.15, 0.2) is 5.82 Å². The van der Waals surface area contributed by atoms with Gasteiger partial charge in [-0.2, -0.15) is 4.98 Å². The summed E-state index contributed by atoms with van der Waals surface area (Å²) in [7, 11) is 0. The number of benzene rings is 1. The van der Waals surface area contributed by atoms with Crippen molar-refractivity contribution in [1.29, 1.82) is 0 Å². The molecule has 0 aliphatic carbocycles. The quantitative estimate of drug-likeness (QED) is 0.758. The maximum Gasteiger partial charge on any atom is 0.410 e. The summed E-state index contributed by atoms with van der Waals surface area (Å²) in [5.74, 6) is 1.43. The zero-order valence-electron chi connectivity index (χ0n) is 18.0. The Labute approximate surface area is 177 Å². The van der Waals surface area contributed by atoms with Gasteiger partial charge < -0.3 is 23.8 Å². The average Bonchev–Trinajstić information content (AvgIpc) is 3.23. The van der Waals surface area contributed by atoms with Crippen LogP contribution in [0.25, 0.3) is 11.5 Å². The summed E-state index contributed by atoms with van der Waals surface area (Å²) < 4.78 is 16.6. The highest BCUT2D eigenvalue weighted by Crippen LogP contribution is 2.33. The van der Waals surface area contributed by atoms with E-state index in [1.54, 1.807) is 4.90 Å². The fourth-order valence-electron chi connectivity index (χ4n) is 3.89. The van der Waals surface area contributed by atoms with Crippen LogP contribution in [0.5, 0.6) is 0 Å². The highest BCUT2D eigenvalue weighted by atomic mass is 16.6. The number of rotatable bonds is 3. The SMILES string of the molecule is CC(C)(C)OC(=O)N1CCC(c2noc(-c3ccccc3N3CCOCC3)n2)CC1. The van der Waals surface area contributed by atoms with Crippen molar-refractivity contribution in [2.24, 2.45) is 0 Å². The number of para-hydroxylation sites is 1. The molecule has 2 fully saturated rings. The number of carbonyl (C=O) groups is 1. The van der Waals surface area contributed by atoms with Crippen LogP contribution >= 0.6 is 0 Å². The van der Waals surface area contributed by atoms with Gasteiger partial charge in [-0.3, -0.25) is 0 Å². The first kappa shape index (κ1) is 20.7. The largest absolute Gasteiger partial charge is 0.444 e. The van der Waals surface area contributed by atoms with Gasteiger partial charge in [0.25, 0.3) is 5.89 Å².